The summed E-state index contributed by atoms with van der Waals surface area (Å²) >= 11 is 0. The molecule has 0 aromatic carbocycles. The summed E-state index contributed by atoms with van der Waals surface area (Å²) in [5.41, 5.74) is 2.52. The van der Waals surface area contributed by atoms with Crippen LogP contribution < -0.4 is 10.6 Å². The molecule has 0 aromatic heterocycles. The minimum absolute atomic E-state index is 0.213. The van der Waals surface area contributed by atoms with E-state index in [0.717, 1.165) is 0 Å². The Hall–Kier alpha value is -0.180. The van der Waals surface area contributed by atoms with Crippen molar-refractivity contribution in [3.05, 3.63) is 0 Å². The maximum absolute atomic E-state index is 10.1. The van der Waals surface area contributed by atoms with Crippen LogP contribution in [0, 0.1) is 0 Å². The Labute approximate surface area is 48.5 Å². The average molecular weight is 134 g/mol. The zero-order valence-electron chi connectivity index (χ0n) is 4.14. The Morgan fingerprint density at radius 3 is 2.88 bits per heavy atom. The summed E-state index contributed by atoms with van der Waals surface area (Å²) in [4.78, 5) is 10.1. The van der Waals surface area contributed by atoms with Gasteiger partial charge in [-0.05, 0) is 8.73 Å². The molecule has 1 aliphatic heterocycles. The van der Waals surface area contributed by atoms with Crippen molar-refractivity contribution in [2.75, 3.05) is 6.54 Å². The molecular formula is C3H7N2O2P. The van der Waals surface area contributed by atoms with Crippen LogP contribution in [0.25, 0.3) is 0 Å². The van der Waals surface area contributed by atoms with Crippen molar-refractivity contribution in [3.63, 3.8) is 0 Å². The van der Waals surface area contributed by atoms with Crippen molar-refractivity contribution in [2.24, 2.45) is 0 Å². The van der Waals surface area contributed by atoms with E-state index in [2.05, 4.69) is 10.6 Å². The third-order valence-corrected chi connectivity index (χ3v) is 2.06. The number of aliphatic carboxylic acids is 1. The molecule has 0 saturated carbocycles. The Balaban J connectivity index is 2.35. The van der Waals surface area contributed by atoms with Gasteiger partial charge in [-0.1, -0.05) is 0 Å². The van der Waals surface area contributed by atoms with Gasteiger partial charge in [0, 0.05) is 6.54 Å². The van der Waals surface area contributed by atoms with Crippen molar-refractivity contribution in [2.45, 2.75) is 5.66 Å². The maximum atomic E-state index is 10.1. The Morgan fingerprint density at radius 2 is 2.62 bits per heavy atom. The van der Waals surface area contributed by atoms with Crippen LogP contribution in [0.4, 0.5) is 0 Å². The second-order valence-electron chi connectivity index (χ2n) is 1.54. The first-order valence-electron chi connectivity index (χ1n) is 2.27. The van der Waals surface area contributed by atoms with E-state index in [0.29, 0.717) is 15.3 Å². The van der Waals surface area contributed by atoms with Crippen molar-refractivity contribution >= 4 is 14.7 Å². The number of carboxylic acid groups (broad SMARTS) is 1. The summed E-state index contributed by atoms with van der Waals surface area (Å²) in [6.07, 6.45) is 0. The van der Waals surface area contributed by atoms with Crippen LogP contribution in [0.3, 0.4) is 0 Å². The van der Waals surface area contributed by atoms with E-state index in [4.69, 9.17) is 5.11 Å². The van der Waals surface area contributed by atoms with Crippen molar-refractivity contribution in [3.8, 4) is 0 Å². The van der Waals surface area contributed by atoms with Gasteiger partial charge in [-0.2, -0.15) is 0 Å². The van der Waals surface area contributed by atoms with Crippen LogP contribution in [0.2, 0.25) is 0 Å². The smallest absolute Gasteiger partial charge is 0.313 e. The number of carbonyl (C=O) groups is 1. The van der Waals surface area contributed by atoms with Gasteiger partial charge in [0.05, 0.1) is 0 Å². The molecule has 2 atom stereocenters. The zero-order valence-corrected chi connectivity index (χ0v) is 5.14. The predicted octanol–water partition coefficient (Wildman–Crippen LogP) is -0.859. The van der Waals surface area contributed by atoms with Gasteiger partial charge >= 0.3 is 5.97 Å². The van der Waals surface area contributed by atoms with Gasteiger partial charge < -0.3 is 5.11 Å². The molecule has 46 valence electrons. The molecule has 1 heterocycles. The second kappa shape index (κ2) is 2.40. The number of rotatable bonds is 1. The molecule has 1 aliphatic rings. The third-order valence-electron chi connectivity index (χ3n) is 0.939. The molecule has 2 unspecified atom stereocenters. The highest BCUT2D eigenvalue weighted by Gasteiger charge is 2.20. The monoisotopic (exact) mass is 134 g/mol. The summed E-state index contributed by atoms with van der Waals surface area (Å²) < 4.78 is 0. The van der Waals surface area contributed by atoms with E-state index in [9.17, 15) is 4.79 Å². The lowest BCUT2D eigenvalue weighted by atomic mass is 10.4. The van der Waals surface area contributed by atoms with Crippen LogP contribution in [-0.4, -0.2) is 23.3 Å². The van der Waals surface area contributed by atoms with E-state index >= 15 is 0 Å². The lowest BCUT2D eigenvalue weighted by Gasteiger charge is -1.94. The molecule has 0 bridgehead atoms. The summed E-state index contributed by atoms with van der Waals surface area (Å²) in [7, 11) is 0.319. The van der Waals surface area contributed by atoms with Crippen LogP contribution in [0.1, 0.15) is 0 Å². The van der Waals surface area contributed by atoms with Crippen molar-refractivity contribution in [1.29, 1.82) is 0 Å². The molecule has 0 radical (unpaired) electrons. The van der Waals surface area contributed by atoms with Gasteiger partial charge in [0.15, 0.2) is 0 Å². The number of nitrogens with one attached hydrogen (secondary N) is 2. The fourth-order valence-corrected chi connectivity index (χ4v) is 1.20. The molecule has 0 amide bonds. The molecule has 5 heteroatoms. The molecule has 1 fully saturated rings. The summed E-state index contributed by atoms with van der Waals surface area (Å²) in [5.74, 6) is -0.721. The zero-order chi connectivity index (χ0) is 5.98. The number of hydrogen-bond donors (Lipinski definition) is 3. The highest BCUT2D eigenvalue weighted by atomic mass is 31.1. The van der Waals surface area contributed by atoms with E-state index in [1.165, 1.54) is 0 Å². The molecule has 4 nitrogen and oxygen atoms in total. The van der Waals surface area contributed by atoms with E-state index in [-0.39, 0.29) is 5.66 Å². The minimum atomic E-state index is -0.721. The highest BCUT2D eigenvalue weighted by Crippen LogP contribution is 2.16. The van der Waals surface area contributed by atoms with Crippen molar-refractivity contribution < 1.29 is 9.90 Å². The van der Waals surface area contributed by atoms with Crippen molar-refractivity contribution in [1.82, 2.24) is 10.6 Å². The van der Waals surface area contributed by atoms with E-state index in [1.54, 1.807) is 0 Å². The Kier molecular flexibility index (Phi) is 1.78. The Morgan fingerprint density at radius 1 is 1.88 bits per heavy atom. The molecule has 1 rings (SSSR count). The summed E-state index contributed by atoms with van der Waals surface area (Å²) in [6.45, 7) is 0.549. The second-order valence-corrected chi connectivity index (χ2v) is 2.78. The average Bonchev–Trinajstić information content (AvgIpc) is 2.12. The molecular weight excluding hydrogens is 127 g/mol. The lowest BCUT2D eigenvalue weighted by Crippen LogP contribution is -2.22. The van der Waals surface area contributed by atoms with Gasteiger partial charge in [-0.25, -0.2) is 5.20 Å². The summed E-state index contributed by atoms with van der Waals surface area (Å²) in [5, 5.41) is 11.1. The quantitative estimate of drug-likeness (QED) is 0.408. The number of hydrogen-bond acceptors (Lipinski definition) is 3. The fourth-order valence-electron chi connectivity index (χ4n) is 0.491. The molecule has 0 spiro atoms. The number of carboxylic acids is 1. The predicted molar refractivity (Wildman–Crippen MR) is 30.9 cm³/mol. The largest absolute Gasteiger partial charge is 0.481 e. The van der Waals surface area contributed by atoms with E-state index < -0.39 is 5.97 Å². The highest BCUT2D eigenvalue weighted by molar-refractivity contribution is 7.38. The first kappa shape index (κ1) is 5.95. The molecule has 1 saturated heterocycles. The first-order valence-corrected chi connectivity index (χ1v) is 3.34. The number of hydrazine groups is 1. The normalized spacial score (nSPS) is 31.2. The lowest BCUT2D eigenvalue weighted by molar-refractivity contribution is -0.136. The van der Waals surface area contributed by atoms with Gasteiger partial charge in [0.25, 0.3) is 0 Å². The van der Waals surface area contributed by atoms with Gasteiger partial charge in [0.2, 0.25) is 0 Å². The van der Waals surface area contributed by atoms with Crippen LogP contribution >= 0.6 is 8.73 Å². The van der Waals surface area contributed by atoms with Crippen LogP contribution in [-0.2, 0) is 4.79 Å². The van der Waals surface area contributed by atoms with Gasteiger partial charge in [-0.3, -0.25) is 10.2 Å². The molecule has 0 aromatic rings. The van der Waals surface area contributed by atoms with Gasteiger partial charge in [-0.15, -0.1) is 0 Å². The van der Waals surface area contributed by atoms with Gasteiger partial charge in [0.1, 0.15) is 5.66 Å². The SMILES string of the molecule is O=C(O)C1CNNP1. The molecule has 8 heavy (non-hydrogen) atoms. The summed E-state index contributed by atoms with van der Waals surface area (Å²) in [6, 6.07) is 0. The maximum Gasteiger partial charge on any atom is 0.313 e. The van der Waals surface area contributed by atoms with Crippen LogP contribution in [0.5, 0.6) is 0 Å². The Bertz CT molecular complexity index is 101. The topological polar surface area (TPSA) is 61.4 Å². The third kappa shape index (κ3) is 1.15. The minimum Gasteiger partial charge on any atom is -0.481 e. The standard InChI is InChI=1S/C3H7N2O2P/c6-3(7)2-1-4-5-8-2/h2,4-5,8H,1H2,(H,6,7). The molecule has 3 N–H and O–H groups in total. The first-order chi connectivity index (χ1) is 3.80. The van der Waals surface area contributed by atoms with E-state index in [1.807, 2.05) is 0 Å². The molecule has 0 aliphatic carbocycles. The fraction of sp³-hybridized carbons (Fsp3) is 0.667. The van der Waals surface area contributed by atoms with Crippen LogP contribution in [0.15, 0.2) is 0 Å².